The van der Waals surface area contributed by atoms with Gasteiger partial charge in [0.1, 0.15) is 5.69 Å². The number of carbonyl (C=O) groups is 2. The molecule has 2 amide bonds. The molecule has 1 aromatic heterocycles. The van der Waals surface area contributed by atoms with Crippen molar-refractivity contribution in [3.05, 3.63) is 60.2 Å². The second kappa shape index (κ2) is 9.14. The molecule has 0 saturated carbocycles. The molecule has 7 heteroatoms. The van der Waals surface area contributed by atoms with Gasteiger partial charge in [0.15, 0.2) is 0 Å². The van der Waals surface area contributed by atoms with Crippen molar-refractivity contribution in [2.24, 2.45) is 5.10 Å². The Labute approximate surface area is 140 Å². The van der Waals surface area contributed by atoms with Gasteiger partial charge in [-0.15, -0.1) is 0 Å². The summed E-state index contributed by atoms with van der Waals surface area (Å²) in [6.45, 7) is 2.23. The zero-order valence-electron chi connectivity index (χ0n) is 13.4. The van der Waals surface area contributed by atoms with Crippen LogP contribution in [-0.2, 0) is 11.2 Å². The molecule has 7 nitrogen and oxygen atoms in total. The number of benzene rings is 1. The Morgan fingerprint density at radius 3 is 2.67 bits per heavy atom. The quantitative estimate of drug-likeness (QED) is 0.593. The molecule has 1 aromatic carbocycles. The maximum Gasteiger partial charge on any atom is 0.291 e. The summed E-state index contributed by atoms with van der Waals surface area (Å²) in [5, 5.41) is 6.72. The molecule has 2 rings (SSSR count). The van der Waals surface area contributed by atoms with E-state index in [1.807, 2.05) is 30.3 Å². The Kier molecular flexibility index (Phi) is 6.58. The van der Waals surface area contributed by atoms with Crippen molar-refractivity contribution in [1.82, 2.24) is 20.7 Å². The summed E-state index contributed by atoms with van der Waals surface area (Å²) in [6.07, 6.45) is 5.13. The van der Waals surface area contributed by atoms with E-state index in [9.17, 15) is 9.59 Å². The van der Waals surface area contributed by atoms with E-state index in [1.54, 1.807) is 6.92 Å². The molecule has 2 N–H and O–H groups in total. The monoisotopic (exact) mass is 325 g/mol. The van der Waals surface area contributed by atoms with E-state index in [1.165, 1.54) is 24.2 Å². The van der Waals surface area contributed by atoms with Crippen LogP contribution in [0, 0.1) is 0 Å². The molecular formula is C17H19N5O2. The molecule has 0 fully saturated rings. The number of amides is 2. The maximum absolute atomic E-state index is 11.8. The first-order chi connectivity index (χ1) is 11.6. The first kappa shape index (κ1) is 17.3. The number of nitrogens with one attached hydrogen (secondary N) is 2. The highest BCUT2D eigenvalue weighted by atomic mass is 16.2. The molecule has 0 aliphatic heterocycles. The van der Waals surface area contributed by atoms with Gasteiger partial charge in [-0.3, -0.25) is 14.6 Å². The third kappa shape index (κ3) is 5.96. The third-order valence-corrected chi connectivity index (χ3v) is 3.14. The summed E-state index contributed by atoms with van der Waals surface area (Å²) < 4.78 is 0. The molecular weight excluding hydrogens is 306 g/mol. The lowest BCUT2D eigenvalue weighted by molar-refractivity contribution is -0.119. The van der Waals surface area contributed by atoms with Gasteiger partial charge in [0.25, 0.3) is 5.91 Å². The Morgan fingerprint density at radius 1 is 1.17 bits per heavy atom. The lowest BCUT2D eigenvalue weighted by Gasteiger charge is -2.05. The van der Waals surface area contributed by atoms with Crippen LogP contribution < -0.4 is 10.7 Å². The minimum atomic E-state index is -0.466. The second-order valence-corrected chi connectivity index (χ2v) is 5.14. The molecule has 0 aliphatic rings. The first-order valence-corrected chi connectivity index (χ1v) is 7.55. The van der Waals surface area contributed by atoms with Crippen LogP contribution in [0.15, 0.2) is 54.0 Å². The van der Waals surface area contributed by atoms with Crippen molar-refractivity contribution in [1.29, 1.82) is 0 Å². The number of hydrogen-bond donors (Lipinski definition) is 2. The van der Waals surface area contributed by atoms with Crippen molar-refractivity contribution >= 4 is 17.5 Å². The lowest BCUT2D eigenvalue weighted by atomic mass is 10.1. The molecule has 2 aromatic rings. The minimum absolute atomic E-state index is 0.121. The van der Waals surface area contributed by atoms with Gasteiger partial charge in [0, 0.05) is 24.7 Å². The van der Waals surface area contributed by atoms with Crippen molar-refractivity contribution in [2.45, 2.75) is 19.8 Å². The molecule has 0 atom stereocenters. The predicted octanol–water partition coefficient (Wildman–Crippen LogP) is 1.33. The number of rotatable bonds is 7. The molecule has 24 heavy (non-hydrogen) atoms. The average Bonchev–Trinajstić information content (AvgIpc) is 2.61. The van der Waals surface area contributed by atoms with Crippen LogP contribution in [0.1, 0.15) is 29.4 Å². The van der Waals surface area contributed by atoms with Gasteiger partial charge in [-0.2, -0.15) is 5.10 Å². The lowest BCUT2D eigenvalue weighted by Crippen LogP contribution is -2.28. The van der Waals surface area contributed by atoms with E-state index in [2.05, 4.69) is 25.8 Å². The fraction of sp³-hybridized carbons (Fsp3) is 0.235. The van der Waals surface area contributed by atoms with Crippen LogP contribution in [-0.4, -0.2) is 34.0 Å². The Morgan fingerprint density at radius 2 is 1.96 bits per heavy atom. The molecule has 0 unspecified atom stereocenters. The normalized spacial score (nSPS) is 11.0. The predicted molar refractivity (Wildman–Crippen MR) is 90.4 cm³/mol. The van der Waals surface area contributed by atoms with Gasteiger partial charge in [0.05, 0.1) is 12.6 Å². The van der Waals surface area contributed by atoms with Gasteiger partial charge >= 0.3 is 0 Å². The molecule has 0 saturated heterocycles. The van der Waals surface area contributed by atoms with E-state index in [0.29, 0.717) is 12.3 Å². The number of aromatic nitrogens is 2. The highest BCUT2D eigenvalue weighted by Crippen LogP contribution is 1.98. The van der Waals surface area contributed by atoms with Gasteiger partial charge in [-0.05, 0) is 18.9 Å². The fourth-order valence-electron chi connectivity index (χ4n) is 1.95. The maximum atomic E-state index is 11.8. The molecule has 0 aliphatic carbocycles. The van der Waals surface area contributed by atoms with Gasteiger partial charge < -0.3 is 5.32 Å². The molecule has 0 bridgehead atoms. The van der Waals surface area contributed by atoms with Gasteiger partial charge in [-0.25, -0.2) is 10.4 Å². The summed E-state index contributed by atoms with van der Waals surface area (Å²) in [7, 11) is 0. The van der Waals surface area contributed by atoms with Gasteiger partial charge in [-0.1, -0.05) is 30.3 Å². The van der Waals surface area contributed by atoms with E-state index in [4.69, 9.17) is 0 Å². The highest BCUT2D eigenvalue weighted by molar-refractivity contribution is 6.00. The van der Waals surface area contributed by atoms with E-state index < -0.39 is 5.91 Å². The van der Waals surface area contributed by atoms with Crippen molar-refractivity contribution in [3.8, 4) is 0 Å². The molecule has 1 heterocycles. The van der Waals surface area contributed by atoms with Crippen LogP contribution in [0.25, 0.3) is 0 Å². The Balaban J connectivity index is 1.71. The zero-order valence-corrected chi connectivity index (χ0v) is 13.4. The number of nitrogens with zero attached hydrogens (tertiary/aromatic N) is 3. The summed E-state index contributed by atoms with van der Waals surface area (Å²) in [5.74, 6) is -0.604. The molecule has 124 valence electrons. The molecule has 0 spiro atoms. The topological polar surface area (TPSA) is 96.3 Å². The zero-order chi connectivity index (χ0) is 17.2. The van der Waals surface area contributed by atoms with Crippen molar-refractivity contribution in [2.75, 3.05) is 6.54 Å². The summed E-state index contributed by atoms with van der Waals surface area (Å²) >= 11 is 0. The van der Waals surface area contributed by atoms with Crippen LogP contribution >= 0.6 is 0 Å². The largest absolute Gasteiger partial charge is 0.355 e. The van der Waals surface area contributed by atoms with E-state index in [0.717, 1.165) is 6.42 Å². The number of hydrazone groups is 1. The average molecular weight is 325 g/mol. The SMILES string of the molecule is CC(CC(=O)NCCc1ccccc1)=NNC(=O)c1cnccn1. The molecule has 0 radical (unpaired) electrons. The second-order valence-electron chi connectivity index (χ2n) is 5.14. The summed E-state index contributed by atoms with van der Waals surface area (Å²) in [6, 6.07) is 9.92. The van der Waals surface area contributed by atoms with E-state index in [-0.39, 0.29) is 18.0 Å². The first-order valence-electron chi connectivity index (χ1n) is 7.55. The Hall–Kier alpha value is -3.09. The van der Waals surface area contributed by atoms with Crippen LogP contribution in [0.4, 0.5) is 0 Å². The van der Waals surface area contributed by atoms with Gasteiger partial charge in [0.2, 0.25) is 5.91 Å². The summed E-state index contributed by atoms with van der Waals surface area (Å²) in [5.41, 5.74) is 4.19. The number of hydrogen-bond acceptors (Lipinski definition) is 5. The van der Waals surface area contributed by atoms with Crippen LogP contribution in [0.5, 0.6) is 0 Å². The third-order valence-electron chi connectivity index (χ3n) is 3.14. The number of carbonyl (C=O) groups excluding carboxylic acids is 2. The minimum Gasteiger partial charge on any atom is -0.355 e. The van der Waals surface area contributed by atoms with Crippen molar-refractivity contribution in [3.63, 3.8) is 0 Å². The van der Waals surface area contributed by atoms with Crippen molar-refractivity contribution < 1.29 is 9.59 Å². The highest BCUT2D eigenvalue weighted by Gasteiger charge is 2.07. The van der Waals surface area contributed by atoms with E-state index >= 15 is 0 Å². The fourth-order valence-corrected chi connectivity index (χ4v) is 1.95. The van der Waals surface area contributed by atoms with Crippen LogP contribution in [0.3, 0.4) is 0 Å². The van der Waals surface area contributed by atoms with Crippen LogP contribution in [0.2, 0.25) is 0 Å². The Bertz CT molecular complexity index is 701. The standard InChI is InChI=1S/C17H19N5O2/c1-13(21-22-17(24)15-12-18-9-10-19-15)11-16(23)20-8-7-14-5-3-2-4-6-14/h2-6,9-10,12H,7-8,11H2,1H3,(H,20,23)(H,22,24). The smallest absolute Gasteiger partial charge is 0.291 e. The summed E-state index contributed by atoms with van der Waals surface area (Å²) in [4.78, 5) is 31.2.